The lowest BCUT2D eigenvalue weighted by molar-refractivity contribution is 0.0767. The molecule has 0 aromatic heterocycles. The standard InChI is InChI=1S/C17H20N2O2/c1-3-19(11-6-10-18)17(21)16-13-14(2)8-9-15(16)7-4-5-12-20/h8-9,13,20H,3,5-6,11-12H2,1-2H3. The topological polar surface area (TPSA) is 64.3 Å². The molecule has 4 nitrogen and oxygen atoms in total. The molecule has 0 aliphatic carbocycles. The maximum Gasteiger partial charge on any atom is 0.255 e. The summed E-state index contributed by atoms with van der Waals surface area (Å²) in [6.45, 7) is 4.79. The molecule has 0 fully saturated rings. The van der Waals surface area contributed by atoms with E-state index in [1.165, 1.54) is 0 Å². The molecule has 0 unspecified atom stereocenters. The maximum absolute atomic E-state index is 12.6. The first-order valence-corrected chi connectivity index (χ1v) is 7.00. The van der Waals surface area contributed by atoms with E-state index in [2.05, 4.69) is 17.9 Å². The molecule has 1 N–H and O–H groups in total. The Balaban J connectivity index is 3.09. The molecule has 0 atom stereocenters. The van der Waals surface area contributed by atoms with Crippen molar-refractivity contribution < 1.29 is 9.90 Å². The lowest BCUT2D eigenvalue weighted by Crippen LogP contribution is -2.32. The van der Waals surface area contributed by atoms with E-state index in [1.807, 2.05) is 32.0 Å². The summed E-state index contributed by atoms with van der Waals surface area (Å²) in [5, 5.41) is 17.5. The van der Waals surface area contributed by atoms with Gasteiger partial charge in [-0.05, 0) is 26.0 Å². The van der Waals surface area contributed by atoms with E-state index in [0.717, 1.165) is 5.56 Å². The number of nitrogens with zero attached hydrogens (tertiary/aromatic N) is 2. The van der Waals surface area contributed by atoms with Crippen LogP contribution in [0, 0.1) is 30.1 Å². The average molecular weight is 284 g/mol. The van der Waals surface area contributed by atoms with Gasteiger partial charge in [-0.25, -0.2) is 0 Å². The average Bonchev–Trinajstić information content (AvgIpc) is 2.49. The molecule has 4 heteroatoms. The number of benzene rings is 1. The van der Waals surface area contributed by atoms with Gasteiger partial charge in [0.1, 0.15) is 0 Å². The van der Waals surface area contributed by atoms with Gasteiger partial charge in [-0.15, -0.1) is 0 Å². The van der Waals surface area contributed by atoms with Crippen LogP contribution in [0.5, 0.6) is 0 Å². The fraction of sp³-hybridized carbons (Fsp3) is 0.412. The highest BCUT2D eigenvalue weighted by Crippen LogP contribution is 2.14. The summed E-state index contributed by atoms with van der Waals surface area (Å²) >= 11 is 0. The van der Waals surface area contributed by atoms with Crippen LogP contribution in [0.25, 0.3) is 0 Å². The van der Waals surface area contributed by atoms with Crippen LogP contribution in [0.2, 0.25) is 0 Å². The molecule has 0 saturated carbocycles. The molecule has 0 aliphatic rings. The third-order valence-electron chi connectivity index (χ3n) is 3.03. The number of hydrogen-bond acceptors (Lipinski definition) is 3. The van der Waals surface area contributed by atoms with Crippen LogP contribution in [-0.4, -0.2) is 35.6 Å². The number of aryl methyl sites for hydroxylation is 1. The zero-order chi connectivity index (χ0) is 15.7. The van der Waals surface area contributed by atoms with Gasteiger partial charge in [-0.2, -0.15) is 5.26 Å². The molecule has 1 aromatic carbocycles. The lowest BCUT2D eigenvalue weighted by atomic mass is 10.0. The van der Waals surface area contributed by atoms with Crippen molar-refractivity contribution in [2.24, 2.45) is 0 Å². The third kappa shape index (κ3) is 4.95. The van der Waals surface area contributed by atoms with Gasteiger partial charge in [0.2, 0.25) is 0 Å². The van der Waals surface area contributed by atoms with Crippen molar-refractivity contribution in [1.82, 2.24) is 4.90 Å². The predicted molar refractivity (Wildman–Crippen MR) is 81.6 cm³/mol. The Kier molecular flexibility index (Phi) is 7.01. The highest BCUT2D eigenvalue weighted by molar-refractivity contribution is 5.97. The Bertz CT molecular complexity index is 591. The van der Waals surface area contributed by atoms with Gasteiger partial charge in [0.25, 0.3) is 5.91 Å². The zero-order valence-electron chi connectivity index (χ0n) is 12.5. The third-order valence-corrected chi connectivity index (χ3v) is 3.03. The molecule has 1 aromatic rings. The Morgan fingerprint density at radius 3 is 2.76 bits per heavy atom. The van der Waals surface area contributed by atoms with Gasteiger partial charge in [-0.3, -0.25) is 4.79 Å². The highest BCUT2D eigenvalue weighted by Gasteiger charge is 2.17. The number of aliphatic hydroxyl groups is 1. The van der Waals surface area contributed by atoms with E-state index < -0.39 is 0 Å². The van der Waals surface area contributed by atoms with Crippen molar-refractivity contribution >= 4 is 5.91 Å². The number of nitriles is 1. The molecule has 1 rings (SSSR count). The summed E-state index contributed by atoms with van der Waals surface area (Å²) in [6, 6.07) is 7.61. The minimum absolute atomic E-state index is 0.00535. The second-order valence-corrected chi connectivity index (χ2v) is 4.62. The SMILES string of the molecule is CCN(CCC#N)C(=O)c1cc(C)ccc1C#CCCO. The number of amides is 1. The summed E-state index contributed by atoms with van der Waals surface area (Å²) in [5.41, 5.74) is 2.21. The van der Waals surface area contributed by atoms with Crippen LogP contribution < -0.4 is 0 Å². The van der Waals surface area contributed by atoms with Crippen LogP contribution in [0.15, 0.2) is 18.2 Å². The number of carbonyl (C=O) groups excluding carboxylic acids is 1. The summed E-state index contributed by atoms with van der Waals surface area (Å²) in [4.78, 5) is 14.2. The molecule has 110 valence electrons. The second-order valence-electron chi connectivity index (χ2n) is 4.62. The van der Waals surface area contributed by atoms with E-state index >= 15 is 0 Å². The molecule has 1 amide bonds. The summed E-state index contributed by atoms with van der Waals surface area (Å²) < 4.78 is 0. The fourth-order valence-corrected chi connectivity index (χ4v) is 1.92. The zero-order valence-corrected chi connectivity index (χ0v) is 12.5. The lowest BCUT2D eigenvalue weighted by Gasteiger charge is -2.20. The van der Waals surface area contributed by atoms with E-state index in [-0.39, 0.29) is 12.5 Å². The van der Waals surface area contributed by atoms with Gasteiger partial charge < -0.3 is 10.0 Å². The fourth-order valence-electron chi connectivity index (χ4n) is 1.92. The number of rotatable bonds is 5. The minimum Gasteiger partial charge on any atom is -0.395 e. The van der Waals surface area contributed by atoms with Crippen molar-refractivity contribution in [3.63, 3.8) is 0 Å². The second kappa shape index (κ2) is 8.79. The van der Waals surface area contributed by atoms with Crippen LogP contribution in [0.4, 0.5) is 0 Å². The van der Waals surface area contributed by atoms with Gasteiger partial charge >= 0.3 is 0 Å². The molecule has 21 heavy (non-hydrogen) atoms. The van der Waals surface area contributed by atoms with Crippen LogP contribution in [-0.2, 0) is 0 Å². The molecule has 0 saturated heterocycles. The molecule has 0 spiro atoms. The van der Waals surface area contributed by atoms with Crippen molar-refractivity contribution in [3.05, 3.63) is 34.9 Å². The van der Waals surface area contributed by atoms with E-state index in [9.17, 15) is 4.79 Å². The minimum atomic E-state index is -0.107. The number of aliphatic hydroxyl groups excluding tert-OH is 1. The van der Waals surface area contributed by atoms with Crippen LogP contribution in [0.3, 0.4) is 0 Å². The van der Waals surface area contributed by atoms with Gasteiger partial charge in [0.05, 0.1) is 24.7 Å². The summed E-state index contributed by atoms with van der Waals surface area (Å²) in [6.07, 6.45) is 0.699. The van der Waals surface area contributed by atoms with Crippen LogP contribution >= 0.6 is 0 Å². The number of carbonyl (C=O) groups is 1. The highest BCUT2D eigenvalue weighted by atomic mass is 16.2. The van der Waals surface area contributed by atoms with E-state index in [1.54, 1.807) is 4.90 Å². The Hall–Kier alpha value is -2.30. The molecule has 0 radical (unpaired) electrons. The van der Waals surface area contributed by atoms with Crippen molar-refractivity contribution in [2.75, 3.05) is 19.7 Å². The molecular weight excluding hydrogens is 264 g/mol. The van der Waals surface area contributed by atoms with Gasteiger partial charge in [0.15, 0.2) is 0 Å². The van der Waals surface area contributed by atoms with Crippen molar-refractivity contribution in [2.45, 2.75) is 26.7 Å². The summed E-state index contributed by atoms with van der Waals surface area (Å²) in [7, 11) is 0. The smallest absolute Gasteiger partial charge is 0.255 e. The monoisotopic (exact) mass is 284 g/mol. The first-order valence-electron chi connectivity index (χ1n) is 7.00. The Morgan fingerprint density at radius 1 is 1.38 bits per heavy atom. The maximum atomic E-state index is 12.6. The molecule has 0 bridgehead atoms. The van der Waals surface area contributed by atoms with Gasteiger partial charge in [-0.1, -0.05) is 23.5 Å². The summed E-state index contributed by atoms with van der Waals surface area (Å²) in [5.74, 6) is 5.67. The normalized spacial score (nSPS) is 9.43. The first-order chi connectivity index (χ1) is 10.1. The Morgan fingerprint density at radius 2 is 2.14 bits per heavy atom. The van der Waals surface area contributed by atoms with Crippen molar-refractivity contribution in [3.8, 4) is 17.9 Å². The predicted octanol–water partition coefficient (Wildman–Crippen LogP) is 2.10. The van der Waals surface area contributed by atoms with Crippen molar-refractivity contribution in [1.29, 1.82) is 5.26 Å². The quantitative estimate of drug-likeness (QED) is 0.842. The van der Waals surface area contributed by atoms with Gasteiger partial charge in [0, 0.05) is 25.1 Å². The van der Waals surface area contributed by atoms with E-state index in [4.69, 9.17) is 10.4 Å². The number of hydrogen-bond donors (Lipinski definition) is 1. The molecule has 0 heterocycles. The molecule has 0 aliphatic heterocycles. The molecular formula is C17H20N2O2. The first kappa shape index (κ1) is 16.8. The van der Waals surface area contributed by atoms with E-state index in [0.29, 0.717) is 37.1 Å². The largest absolute Gasteiger partial charge is 0.395 e. The van der Waals surface area contributed by atoms with Crippen LogP contribution in [0.1, 0.15) is 41.3 Å². The Labute approximate surface area is 126 Å².